The van der Waals surface area contributed by atoms with Crippen LogP contribution >= 0.6 is 0 Å². The summed E-state index contributed by atoms with van der Waals surface area (Å²) in [4.78, 5) is 0. The van der Waals surface area contributed by atoms with Crippen LogP contribution in [0.5, 0.6) is 0 Å². The van der Waals surface area contributed by atoms with E-state index < -0.39 is 10.0 Å². The molecule has 0 bridgehead atoms. The molecule has 0 aromatic heterocycles. The average molecular weight is 172 g/mol. The van der Waals surface area contributed by atoms with Crippen molar-refractivity contribution in [2.75, 3.05) is 0 Å². The molecule has 0 saturated heterocycles. The molecule has 11 heavy (non-hydrogen) atoms. The van der Waals surface area contributed by atoms with Crippen LogP contribution in [0.1, 0.15) is 26.7 Å². The molecular weight excluding hydrogens is 156 g/mol. The van der Waals surface area contributed by atoms with Gasteiger partial charge in [-0.3, -0.25) is 0 Å². The van der Waals surface area contributed by atoms with Gasteiger partial charge >= 0.3 is 10.0 Å². The van der Waals surface area contributed by atoms with Crippen molar-refractivity contribution in [3.05, 3.63) is 24.7 Å². The van der Waals surface area contributed by atoms with Crippen molar-refractivity contribution in [1.82, 2.24) is 0 Å². The largest absolute Gasteiger partial charge is 0.521 e. The standard InChI is InChI=1S/C8H16O2Si/c1-5-6-8(4)10-11-9-7(2)3/h2,4-6,11H2,1,3H3. The van der Waals surface area contributed by atoms with E-state index in [0.717, 1.165) is 24.4 Å². The predicted molar refractivity (Wildman–Crippen MR) is 49.6 cm³/mol. The first-order valence-corrected chi connectivity index (χ1v) is 4.91. The number of hydrogen-bond acceptors (Lipinski definition) is 2. The fourth-order valence-electron chi connectivity index (χ4n) is 0.564. The molecule has 0 aliphatic rings. The summed E-state index contributed by atoms with van der Waals surface area (Å²) in [7, 11) is -0.903. The fourth-order valence-corrected chi connectivity index (χ4v) is 1.14. The van der Waals surface area contributed by atoms with E-state index in [4.69, 9.17) is 8.85 Å². The van der Waals surface area contributed by atoms with Crippen molar-refractivity contribution in [1.29, 1.82) is 0 Å². The quantitative estimate of drug-likeness (QED) is 0.450. The highest BCUT2D eigenvalue weighted by Crippen LogP contribution is 2.02. The van der Waals surface area contributed by atoms with Gasteiger partial charge < -0.3 is 8.85 Å². The Morgan fingerprint density at radius 2 is 2.00 bits per heavy atom. The minimum absolute atomic E-state index is 0.723. The monoisotopic (exact) mass is 172 g/mol. The summed E-state index contributed by atoms with van der Waals surface area (Å²) in [5, 5.41) is 0. The van der Waals surface area contributed by atoms with Gasteiger partial charge in [-0.1, -0.05) is 20.1 Å². The summed E-state index contributed by atoms with van der Waals surface area (Å²) >= 11 is 0. The summed E-state index contributed by atoms with van der Waals surface area (Å²) < 4.78 is 10.4. The second-order valence-corrected chi connectivity index (χ2v) is 3.21. The molecule has 0 fully saturated rings. The Morgan fingerprint density at radius 3 is 2.45 bits per heavy atom. The SMILES string of the molecule is C=C(C)O[SiH2]OC(=C)CCC. The summed E-state index contributed by atoms with van der Waals surface area (Å²) in [5.74, 6) is 1.56. The molecule has 0 atom stereocenters. The molecule has 0 aliphatic carbocycles. The van der Waals surface area contributed by atoms with Crippen LogP contribution in [0.2, 0.25) is 0 Å². The van der Waals surface area contributed by atoms with Crippen molar-refractivity contribution in [2.45, 2.75) is 26.7 Å². The predicted octanol–water partition coefficient (Wildman–Crippen LogP) is 1.87. The number of hydrogen-bond donors (Lipinski definition) is 0. The van der Waals surface area contributed by atoms with Crippen LogP contribution in [0.3, 0.4) is 0 Å². The van der Waals surface area contributed by atoms with Crippen molar-refractivity contribution in [3.8, 4) is 0 Å². The highest BCUT2D eigenvalue weighted by Gasteiger charge is 1.93. The Kier molecular flexibility index (Phi) is 5.65. The van der Waals surface area contributed by atoms with Gasteiger partial charge in [-0.05, 0) is 13.3 Å². The Hall–Kier alpha value is -0.703. The molecule has 3 heteroatoms. The Labute approximate surface area is 71.0 Å². The van der Waals surface area contributed by atoms with Crippen molar-refractivity contribution in [2.24, 2.45) is 0 Å². The Balaban J connectivity index is 3.24. The highest BCUT2D eigenvalue weighted by molar-refractivity contribution is 6.19. The lowest BCUT2D eigenvalue weighted by molar-refractivity contribution is 0.318. The van der Waals surface area contributed by atoms with Crippen molar-refractivity contribution in [3.63, 3.8) is 0 Å². The van der Waals surface area contributed by atoms with E-state index >= 15 is 0 Å². The van der Waals surface area contributed by atoms with Gasteiger partial charge in [0, 0.05) is 6.42 Å². The first-order valence-electron chi connectivity index (χ1n) is 3.75. The molecule has 0 aromatic carbocycles. The van der Waals surface area contributed by atoms with Gasteiger partial charge in [0.1, 0.15) is 0 Å². The van der Waals surface area contributed by atoms with Gasteiger partial charge in [0.2, 0.25) is 0 Å². The Bertz CT molecular complexity index is 143. The zero-order chi connectivity index (χ0) is 8.69. The average Bonchev–Trinajstić information content (AvgIpc) is 1.87. The lowest BCUT2D eigenvalue weighted by Gasteiger charge is -2.08. The second kappa shape index (κ2) is 6.04. The lowest BCUT2D eigenvalue weighted by atomic mass is 10.3. The molecule has 0 N–H and O–H groups in total. The maximum Gasteiger partial charge on any atom is 0.427 e. The smallest absolute Gasteiger partial charge is 0.427 e. The number of allylic oxidation sites excluding steroid dienone is 2. The third-order valence-corrected chi connectivity index (χ3v) is 2.23. The minimum atomic E-state index is -0.903. The third-order valence-electron chi connectivity index (χ3n) is 1.10. The van der Waals surface area contributed by atoms with Crippen LogP contribution in [-0.4, -0.2) is 10.0 Å². The van der Waals surface area contributed by atoms with Gasteiger partial charge in [0.15, 0.2) is 0 Å². The van der Waals surface area contributed by atoms with Gasteiger partial charge in [-0.15, -0.1) is 0 Å². The Morgan fingerprint density at radius 1 is 1.36 bits per heavy atom. The maximum atomic E-state index is 5.25. The summed E-state index contributed by atoms with van der Waals surface area (Å²) in [6.45, 7) is 11.3. The molecule has 0 unspecified atom stereocenters. The van der Waals surface area contributed by atoms with Gasteiger partial charge in [0.25, 0.3) is 0 Å². The molecule has 0 saturated carbocycles. The topological polar surface area (TPSA) is 18.5 Å². The van der Waals surface area contributed by atoms with Crippen LogP contribution < -0.4 is 0 Å². The van der Waals surface area contributed by atoms with Crippen molar-refractivity contribution >= 4 is 10.0 Å². The van der Waals surface area contributed by atoms with Crippen molar-refractivity contribution < 1.29 is 8.85 Å². The van der Waals surface area contributed by atoms with Gasteiger partial charge in [-0.2, -0.15) is 0 Å². The number of rotatable bonds is 6. The van der Waals surface area contributed by atoms with E-state index in [1.807, 2.05) is 6.92 Å². The minimum Gasteiger partial charge on any atom is -0.521 e. The van der Waals surface area contributed by atoms with Gasteiger partial charge in [-0.25, -0.2) is 0 Å². The van der Waals surface area contributed by atoms with Crippen LogP contribution in [-0.2, 0) is 8.85 Å². The molecule has 0 radical (unpaired) electrons. The summed E-state index contributed by atoms with van der Waals surface area (Å²) in [5.41, 5.74) is 0. The summed E-state index contributed by atoms with van der Waals surface area (Å²) in [6, 6.07) is 0. The highest BCUT2D eigenvalue weighted by atomic mass is 28.3. The van der Waals surface area contributed by atoms with Crippen LogP contribution in [0.25, 0.3) is 0 Å². The fraction of sp³-hybridized carbons (Fsp3) is 0.500. The maximum absolute atomic E-state index is 5.25. The van der Waals surface area contributed by atoms with Crippen LogP contribution in [0.4, 0.5) is 0 Å². The molecule has 0 amide bonds. The summed E-state index contributed by atoms with van der Waals surface area (Å²) in [6.07, 6.45) is 1.99. The molecule has 0 aromatic rings. The normalized spacial score (nSPS) is 10.0. The van der Waals surface area contributed by atoms with E-state index in [0.29, 0.717) is 0 Å². The second-order valence-electron chi connectivity index (χ2n) is 2.40. The first kappa shape index (κ1) is 10.3. The molecule has 0 heterocycles. The first-order chi connectivity index (χ1) is 5.16. The zero-order valence-corrected chi connectivity index (χ0v) is 8.77. The molecular formula is C8H16O2Si. The van der Waals surface area contributed by atoms with E-state index in [-0.39, 0.29) is 0 Å². The van der Waals surface area contributed by atoms with Gasteiger partial charge in [0.05, 0.1) is 11.5 Å². The van der Waals surface area contributed by atoms with E-state index in [1.54, 1.807) is 0 Å². The van der Waals surface area contributed by atoms with E-state index in [2.05, 4.69) is 20.1 Å². The zero-order valence-electron chi connectivity index (χ0n) is 7.35. The van der Waals surface area contributed by atoms with Crippen LogP contribution in [0, 0.1) is 0 Å². The molecule has 2 nitrogen and oxygen atoms in total. The van der Waals surface area contributed by atoms with Crippen LogP contribution in [0.15, 0.2) is 24.7 Å². The molecule has 64 valence electrons. The lowest BCUT2D eigenvalue weighted by Crippen LogP contribution is -2.01. The molecule has 0 rings (SSSR count). The van der Waals surface area contributed by atoms with E-state index in [9.17, 15) is 0 Å². The van der Waals surface area contributed by atoms with E-state index in [1.165, 1.54) is 0 Å². The third kappa shape index (κ3) is 7.19. The molecule has 0 spiro atoms. The molecule has 0 aliphatic heterocycles.